The summed E-state index contributed by atoms with van der Waals surface area (Å²) in [4.78, 5) is 14.7. The first-order chi connectivity index (χ1) is 11.0. The molecule has 1 aromatic carbocycles. The summed E-state index contributed by atoms with van der Waals surface area (Å²) in [6.07, 6.45) is 4.49. The summed E-state index contributed by atoms with van der Waals surface area (Å²) in [6.45, 7) is 9.97. The SMILES string of the molecule is CC/C=C(\C)CN1CC[C@@H](CNC(=O)c2cccc(O)c2C)C1. The molecule has 23 heavy (non-hydrogen) atoms. The van der Waals surface area contributed by atoms with Crippen LogP contribution >= 0.6 is 0 Å². The van der Waals surface area contributed by atoms with Gasteiger partial charge in [0.25, 0.3) is 5.91 Å². The zero-order valence-corrected chi connectivity index (χ0v) is 14.4. The summed E-state index contributed by atoms with van der Waals surface area (Å²) in [6, 6.07) is 5.06. The fourth-order valence-electron chi connectivity index (χ4n) is 3.19. The van der Waals surface area contributed by atoms with E-state index in [0.29, 0.717) is 23.6 Å². The average molecular weight is 316 g/mol. The van der Waals surface area contributed by atoms with Crippen LogP contribution in [0, 0.1) is 12.8 Å². The van der Waals surface area contributed by atoms with Crippen molar-refractivity contribution in [2.24, 2.45) is 5.92 Å². The number of phenolic OH excluding ortho intramolecular Hbond substituents is 1. The minimum absolute atomic E-state index is 0.0982. The minimum atomic E-state index is -0.0982. The van der Waals surface area contributed by atoms with Crippen molar-refractivity contribution < 1.29 is 9.90 Å². The molecule has 4 heteroatoms. The predicted molar refractivity (Wildman–Crippen MR) is 93.8 cm³/mol. The number of aromatic hydroxyl groups is 1. The van der Waals surface area contributed by atoms with Gasteiger partial charge in [-0.25, -0.2) is 0 Å². The van der Waals surface area contributed by atoms with Gasteiger partial charge in [0.15, 0.2) is 0 Å². The number of carbonyl (C=O) groups is 1. The number of hydrogen-bond acceptors (Lipinski definition) is 3. The lowest BCUT2D eigenvalue weighted by molar-refractivity contribution is 0.0946. The molecule has 2 N–H and O–H groups in total. The Kier molecular flexibility index (Phi) is 6.22. The molecule has 1 heterocycles. The number of likely N-dealkylation sites (tertiary alicyclic amines) is 1. The van der Waals surface area contributed by atoms with Crippen molar-refractivity contribution >= 4 is 5.91 Å². The summed E-state index contributed by atoms with van der Waals surface area (Å²) in [5.74, 6) is 0.577. The Hall–Kier alpha value is -1.81. The summed E-state index contributed by atoms with van der Waals surface area (Å²) < 4.78 is 0. The van der Waals surface area contributed by atoms with Crippen LogP contribution in [0.15, 0.2) is 29.8 Å². The number of rotatable bonds is 6. The number of allylic oxidation sites excluding steroid dienone is 1. The van der Waals surface area contributed by atoms with Gasteiger partial charge >= 0.3 is 0 Å². The first-order valence-electron chi connectivity index (χ1n) is 8.46. The molecule has 1 atom stereocenters. The third-order valence-corrected chi connectivity index (χ3v) is 4.50. The maximum absolute atomic E-state index is 12.3. The largest absolute Gasteiger partial charge is 0.508 e. The molecular formula is C19H28N2O2. The molecule has 0 saturated carbocycles. The molecule has 1 amide bonds. The third kappa shape index (κ3) is 4.83. The number of phenols is 1. The van der Waals surface area contributed by atoms with Crippen LogP contribution in [0.5, 0.6) is 5.75 Å². The molecule has 1 aliphatic rings. The molecule has 0 radical (unpaired) electrons. The maximum atomic E-state index is 12.3. The van der Waals surface area contributed by atoms with Crippen LogP contribution in [-0.4, -0.2) is 42.1 Å². The van der Waals surface area contributed by atoms with Crippen molar-refractivity contribution in [3.05, 3.63) is 41.0 Å². The summed E-state index contributed by atoms with van der Waals surface area (Å²) in [7, 11) is 0. The Morgan fingerprint density at radius 3 is 3.00 bits per heavy atom. The lowest BCUT2D eigenvalue weighted by Gasteiger charge is -2.17. The lowest BCUT2D eigenvalue weighted by atomic mass is 10.1. The van der Waals surface area contributed by atoms with E-state index in [1.165, 1.54) is 5.57 Å². The van der Waals surface area contributed by atoms with Crippen LogP contribution in [-0.2, 0) is 0 Å². The Bertz CT molecular complexity index is 581. The van der Waals surface area contributed by atoms with E-state index in [4.69, 9.17) is 0 Å². The van der Waals surface area contributed by atoms with E-state index in [2.05, 4.69) is 30.1 Å². The average Bonchev–Trinajstić information content (AvgIpc) is 2.95. The predicted octanol–water partition coefficient (Wildman–Crippen LogP) is 3.11. The van der Waals surface area contributed by atoms with Crippen LogP contribution < -0.4 is 5.32 Å². The van der Waals surface area contributed by atoms with E-state index in [1.807, 2.05) is 0 Å². The minimum Gasteiger partial charge on any atom is -0.508 e. The number of hydrogen-bond donors (Lipinski definition) is 2. The van der Waals surface area contributed by atoms with E-state index in [1.54, 1.807) is 25.1 Å². The van der Waals surface area contributed by atoms with Crippen molar-refractivity contribution in [3.63, 3.8) is 0 Å². The van der Waals surface area contributed by atoms with Crippen LogP contribution in [0.4, 0.5) is 0 Å². The highest BCUT2D eigenvalue weighted by Gasteiger charge is 2.23. The van der Waals surface area contributed by atoms with Gasteiger partial charge in [-0.1, -0.05) is 24.6 Å². The van der Waals surface area contributed by atoms with Crippen molar-refractivity contribution in [3.8, 4) is 5.75 Å². The van der Waals surface area contributed by atoms with E-state index >= 15 is 0 Å². The van der Waals surface area contributed by atoms with Gasteiger partial charge in [-0.15, -0.1) is 0 Å². The lowest BCUT2D eigenvalue weighted by Crippen LogP contribution is -2.31. The highest BCUT2D eigenvalue weighted by molar-refractivity contribution is 5.96. The topological polar surface area (TPSA) is 52.6 Å². The molecule has 2 rings (SSSR count). The van der Waals surface area contributed by atoms with Crippen LogP contribution in [0.3, 0.4) is 0 Å². The normalized spacial score (nSPS) is 19.1. The second-order valence-electron chi connectivity index (χ2n) is 6.51. The Morgan fingerprint density at radius 1 is 1.48 bits per heavy atom. The van der Waals surface area contributed by atoms with Crippen molar-refractivity contribution in [1.82, 2.24) is 10.2 Å². The number of nitrogens with one attached hydrogen (secondary N) is 1. The van der Waals surface area contributed by atoms with Gasteiger partial charge in [-0.05, 0) is 51.3 Å². The Labute approximate surface area is 139 Å². The number of carbonyl (C=O) groups excluding carboxylic acids is 1. The maximum Gasteiger partial charge on any atom is 0.251 e. The van der Waals surface area contributed by atoms with E-state index in [0.717, 1.165) is 32.5 Å². The highest BCUT2D eigenvalue weighted by Crippen LogP contribution is 2.20. The Morgan fingerprint density at radius 2 is 2.26 bits per heavy atom. The van der Waals surface area contributed by atoms with Crippen molar-refractivity contribution in [2.45, 2.75) is 33.6 Å². The molecule has 4 nitrogen and oxygen atoms in total. The molecule has 0 spiro atoms. The van der Waals surface area contributed by atoms with Gasteiger partial charge in [-0.2, -0.15) is 0 Å². The second-order valence-corrected chi connectivity index (χ2v) is 6.51. The van der Waals surface area contributed by atoms with Crippen molar-refractivity contribution in [2.75, 3.05) is 26.2 Å². The standard InChI is InChI=1S/C19H28N2O2/c1-4-6-14(2)12-21-10-9-16(13-21)11-20-19(23)17-7-5-8-18(22)15(17)3/h5-8,16,22H,4,9-13H2,1-3H3,(H,20,23)/b14-6+/t16-/m0/s1. The molecule has 1 aliphatic heterocycles. The molecule has 0 unspecified atom stereocenters. The number of nitrogens with zero attached hydrogens (tertiary/aromatic N) is 1. The zero-order chi connectivity index (χ0) is 16.8. The quantitative estimate of drug-likeness (QED) is 0.793. The molecule has 1 aromatic rings. The van der Waals surface area contributed by atoms with E-state index < -0.39 is 0 Å². The second kappa shape index (κ2) is 8.16. The summed E-state index contributed by atoms with van der Waals surface area (Å²) >= 11 is 0. The molecule has 0 aliphatic carbocycles. The fourth-order valence-corrected chi connectivity index (χ4v) is 3.19. The van der Waals surface area contributed by atoms with Gasteiger partial charge in [0.1, 0.15) is 5.75 Å². The van der Waals surface area contributed by atoms with E-state index in [9.17, 15) is 9.90 Å². The molecule has 0 aromatic heterocycles. The summed E-state index contributed by atoms with van der Waals surface area (Å²) in [5, 5.41) is 12.7. The van der Waals surface area contributed by atoms with Crippen LogP contribution in [0.25, 0.3) is 0 Å². The molecule has 0 bridgehead atoms. The molecule has 1 saturated heterocycles. The van der Waals surface area contributed by atoms with Crippen molar-refractivity contribution in [1.29, 1.82) is 0 Å². The summed E-state index contributed by atoms with van der Waals surface area (Å²) in [5.41, 5.74) is 2.62. The molecule has 1 fully saturated rings. The Balaban J connectivity index is 1.82. The van der Waals surface area contributed by atoms with Gasteiger partial charge in [0.05, 0.1) is 0 Å². The van der Waals surface area contributed by atoms with E-state index in [-0.39, 0.29) is 11.7 Å². The monoisotopic (exact) mass is 316 g/mol. The molecular weight excluding hydrogens is 288 g/mol. The van der Waals surface area contributed by atoms with Gasteiger partial charge in [0, 0.05) is 30.8 Å². The van der Waals surface area contributed by atoms with Gasteiger partial charge in [0.2, 0.25) is 0 Å². The molecule has 126 valence electrons. The fraction of sp³-hybridized carbons (Fsp3) is 0.526. The third-order valence-electron chi connectivity index (χ3n) is 4.50. The van der Waals surface area contributed by atoms with Crippen LogP contribution in [0.1, 0.15) is 42.6 Å². The smallest absolute Gasteiger partial charge is 0.251 e. The van der Waals surface area contributed by atoms with Gasteiger partial charge < -0.3 is 10.4 Å². The number of amides is 1. The first kappa shape index (κ1) is 17.5. The number of benzene rings is 1. The first-order valence-corrected chi connectivity index (χ1v) is 8.46. The highest BCUT2D eigenvalue weighted by atomic mass is 16.3. The zero-order valence-electron chi connectivity index (χ0n) is 14.4. The van der Waals surface area contributed by atoms with Crippen LogP contribution in [0.2, 0.25) is 0 Å². The van der Waals surface area contributed by atoms with Gasteiger partial charge in [-0.3, -0.25) is 9.69 Å².